The van der Waals surface area contributed by atoms with Gasteiger partial charge < -0.3 is 5.32 Å². The van der Waals surface area contributed by atoms with E-state index in [4.69, 9.17) is 11.6 Å². The summed E-state index contributed by atoms with van der Waals surface area (Å²) in [6.45, 7) is 1.95. The van der Waals surface area contributed by atoms with Crippen molar-refractivity contribution in [3.8, 4) is 0 Å². The molecule has 1 aliphatic rings. The molecule has 1 aromatic rings. The first kappa shape index (κ1) is 11.6. The summed E-state index contributed by atoms with van der Waals surface area (Å²) < 4.78 is 14.4. The minimum absolute atomic E-state index is 0.400. The van der Waals surface area contributed by atoms with Gasteiger partial charge in [-0.05, 0) is 37.8 Å². The van der Waals surface area contributed by atoms with Gasteiger partial charge in [0, 0.05) is 12.6 Å². The molecule has 1 aliphatic carbocycles. The highest BCUT2D eigenvalue weighted by Gasteiger charge is 2.40. The molecule has 0 bridgehead atoms. The number of pyridine rings is 1. The molecule has 0 spiro atoms. The standard InChI is InChI=1S/C12H15ClFN2/c1-9-5-6-11(15-8-9)16-12(14)7-3-2-4-10(12)13/h2,5-6,8,10H,3-4,7H2,1H3,(H,15,16). The molecule has 16 heavy (non-hydrogen) atoms. The number of nitrogens with one attached hydrogen (secondary N) is 1. The van der Waals surface area contributed by atoms with Crippen LogP contribution in [0.25, 0.3) is 0 Å². The van der Waals surface area contributed by atoms with Crippen molar-refractivity contribution in [3.63, 3.8) is 0 Å². The third kappa shape index (κ3) is 2.46. The molecule has 1 N–H and O–H groups in total. The van der Waals surface area contributed by atoms with E-state index < -0.39 is 11.2 Å². The lowest BCUT2D eigenvalue weighted by Crippen LogP contribution is -2.45. The third-order valence-electron chi connectivity index (χ3n) is 2.83. The van der Waals surface area contributed by atoms with Gasteiger partial charge in [-0.25, -0.2) is 9.37 Å². The largest absolute Gasteiger partial charge is 0.337 e. The Morgan fingerprint density at radius 3 is 3.00 bits per heavy atom. The monoisotopic (exact) mass is 241 g/mol. The fourth-order valence-electron chi connectivity index (χ4n) is 1.82. The van der Waals surface area contributed by atoms with Gasteiger partial charge in [0.2, 0.25) is 0 Å². The lowest BCUT2D eigenvalue weighted by molar-refractivity contribution is 0.161. The SMILES string of the molecule is Cc1ccc(NC2(F)CC[CH]CC2Cl)nc1. The number of halogens is 2. The molecule has 1 fully saturated rings. The van der Waals surface area contributed by atoms with E-state index in [1.54, 1.807) is 12.3 Å². The van der Waals surface area contributed by atoms with Gasteiger partial charge >= 0.3 is 0 Å². The van der Waals surface area contributed by atoms with Crippen molar-refractivity contribution < 1.29 is 4.39 Å². The van der Waals surface area contributed by atoms with Crippen LogP contribution >= 0.6 is 11.6 Å². The van der Waals surface area contributed by atoms with Crippen molar-refractivity contribution in [1.29, 1.82) is 0 Å². The second-order valence-electron chi connectivity index (χ2n) is 4.24. The summed E-state index contributed by atoms with van der Waals surface area (Å²) in [5, 5.41) is 2.28. The van der Waals surface area contributed by atoms with Gasteiger partial charge in [-0.3, -0.25) is 0 Å². The van der Waals surface area contributed by atoms with E-state index >= 15 is 0 Å². The second-order valence-corrected chi connectivity index (χ2v) is 4.77. The van der Waals surface area contributed by atoms with Crippen LogP contribution < -0.4 is 5.32 Å². The molecule has 2 unspecified atom stereocenters. The quantitative estimate of drug-likeness (QED) is 0.634. The van der Waals surface area contributed by atoms with Crippen molar-refractivity contribution in [2.24, 2.45) is 0 Å². The van der Waals surface area contributed by atoms with Crippen LogP contribution in [0.15, 0.2) is 18.3 Å². The summed E-state index contributed by atoms with van der Waals surface area (Å²) in [4.78, 5) is 4.13. The Labute approximate surface area is 100 Å². The average molecular weight is 242 g/mol. The minimum Gasteiger partial charge on any atom is -0.337 e. The van der Waals surface area contributed by atoms with Gasteiger partial charge in [-0.15, -0.1) is 11.6 Å². The molecule has 0 aliphatic heterocycles. The molecule has 0 saturated heterocycles. The highest BCUT2D eigenvalue weighted by Crippen LogP contribution is 2.35. The Balaban J connectivity index is 2.10. The Morgan fingerprint density at radius 2 is 2.38 bits per heavy atom. The third-order valence-corrected chi connectivity index (χ3v) is 3.35. The van der Waals surface area contributed by atoms with Crippen LogP contribution in [-0.4, -0.2) is 16.2 Å². The van der Waals surface area contributed by atoms with E-state index in [0.29, 0.717) is 18.7 Å². The molecule has 87 valence electrons. The number of alkyl halides is 2. The van der Waals surface area contributed by atoms with E-state index in [2.05, 4.69) is 10.3 Å². The van der Waals surface area contributed by atoms with Crippen molar-refractivity contribution in [3.05, 3.63) is 30.3 Å². The number of hydrogen-bond acceptors (Lipinski definition) is 2. The Morgan fingerprint density at radius 1 is 1.56 bits per heavy atom. The van der Waals surface area contributed by atoms with Crippen molar-refractivity contribution in [2.45, 2.75) is 37.4 Å². The molecule has 1 heterocycles. The maximum absolute atomic E-state index is 14.4. The zero-order valence-electron chi connectivity index (χ0n) is 9.21. The number of aryl methyl sites for hydroxylation is 1. The van der Waals surface area contributed by atoms with Crippen LogP contribution in [0.3, 0.4) is 0 Å². The number of aromatic nitrogens is 1. The molecule has 0 amide bonds. The van der Waals surface area contributed by atoms with Crippen LogP contribution in [0.1, 0.15) is 24.8 Å². The summed E-state index contributed by atoms with van der Waals surface area (Å²) in [6.07, 6.45) is 5.48. The van der Waals surface area contributed by atoms with Gasteiger partial charge in [-0.1, -0.05) is 6.07 Å². The van der Waals surface area contributed by atoms with E-state index in [1.165, 1.54) is 0 Å². The number of anilines is 1. The summed E-state index contributed by atoms with van der Waals surface area (Å²) in [6, 6.07) is 3.68. The smallest absolute Gasteiger partial charge is 0.198 e. The summed E-state index contributed by atoms with van der Waals surface area (Å²) in [7, 11) is 0. The van der Waals surface area contributed by atoms with Crippen LogP contribution in [0.5, 0.6) is 0 Å². The van der Waals surface area contributed by atoms with Crippen LogP contribution in [-0.2, 0) is 0 Å². The fraction of sp³-hybridized carbons (Fsp3) is 0.500. The molecular weight excluding hydrogens is 227 g/mol. The van der Waals surface area contributed by atoms with E-state index in [0.717, 1.165) is 12.0 Å². The number of nitrogens with zero attached hydrogens (tertiary/aromatic N) is 1. The summed E-state index contributed by atoms with van der Waals surface area (Å²) >= 11 is 6.01. The van der Waals surface area contributed by atoms with E-state index in [-0.39, 0.29) is 0 Å². The van der Waals surface area contributed by atoms with E-state index in [1.807, 2.05) is 19.4 Å². The molecule has 2 nitrogen and oxygen atoms in total. The van der Waals surface area contributed by atoms with Crippen LogP contribution in [0, 0.1) is 13.3 Å². The predicted molar refractivity (Wildman–Crippen MR) is 64.2 cm³/mol. The normalized spacial score (nSPS) is 30.1. The van der Waals surface area contributed by atoms with Crippen LogP contribution in [0.4, 0.5) is 10.2 Å². The van der Waals surface area contributed by atoms with Crippen molar-refractivity contribution in [1.82, 2.24) is 4.98 Å². The first-order chi connectivity index (χ1) is 7.60. The number of rotatable bonds is 2. The first-order valence-electron chi connectivity index (χ1n) is 5.46. The molecule has 2 atom stereocenters. The second kappa shape index (κ2) is 4.58. The Bertz CT molecular complexity index is 355. The highest BCUT2D eigenvalue weighted by atomic mass is 35.5. The minimum atomic E-state index is -1.54. The van der Waals surface area contributed by atoms with Gasteiger partial charge in [0.05, 0.1) is 5.38 Å². The molecule has 2 rings (SSSR count). The zero-order chi connectivity index (χ0) is 11.6. The van der Waals surface area contributed by atoms with Gasteiger partial charge in [0.15, 0.2) is 5.79 Å². The lowest BCUT2D eigenvalue weighted by Gasteiger charge is -2.34. The fourth-order valence-corrected chi connectivity index (χ4v) is 2.10. The van der Waals surface area contributed by atoms with Gasteiger partial charge in [-0.2, -0.15) is 0 Å². The van der Waals surface area contributed by atoms with Gasteiger partial charge in [0.25, 0.3) is 0 Å². The van der Waals surface area contributed by atoms with Gasteiger partial charge in [0.1, 0.15) is 5.82 Å². The maximum Gasteiger partial charge on any atom is 0.198 e. The molecule has 0 aromatic carbocycles. The molecule has 1 radical (unpaired) electrons. The maximum atomic E-state index is 14.4. The van der Waals surface area contributed by atoms with Crippen molar-refractivity contribution >= 4 is 17.4 Å². The molecule has 4 heteroatoms. The average Bonchev–Trinajstić information content (AvgIpc) is 2.26. The highest BCUT2D eigenvalue weighted by molar-refractivity contribution is 6.21. The van der Waals surface area contributed by atoms with Crippen LogP contribution in [0.2, 0.25) is 0 Å². The zero-order valence-corrected chi connectivity index (χ0v) is 9.97. The molecular formula is C12H15ClFN2. The number of hydrogen-bond donors (Lipinski definition) is 1. The first-order valence-corrected chi connectivity index (χ1v) is 5.89. The Kier molecular flexibility index (Phi) is 3.33. The summed E-state index contributed by atoms with van der Waals surface area (Å²) in [5.74, 6) is -1.00. The topological polar surface area (TPSA) is 24.9 Å². The predicted octanol–water partition coefficient (Wildman–Crippen LogP) is 3.46. The molecule has 1 saturated carbocycles. The Hall–Kier alpha value is -0.830. The summed E-state index contributed by atoms with van der Waals surface area (Å²) in [5.41, 5.74) is 1.05. The van der Waals surface area contributed by atoms with E-state index in [9.17, 15) is 4.39 Å². The van der Waals surface area contributed by atoms with Crippen molar-refractivity contribution in [2.75, 3.05) is 5.32 Å². The molecule has 1 aromatic heterocycles. The lowest BCUT2D eigenvalue weighted by atomic mass is 9.92.